The van der Waals surface area contributed by atoms with Crippen LogP contribution in [0.5, 0.6) is 0 Å². The van der Waals surface area contributed by atoms with E-state index in [1.807, 2.05) is 19.1 Å². The molecule has 0 saturated carbocycles. The highest BCUT2D eigenvalue weighted by atomic mass is 35.5. The lowest BCUT2D eigenvalue weighted by atomic mass is 9.68. The predicted octanol–water partition coefficient (Wildman–Crippen LogP) is 7.02. The molecule has 6 heteroatoms. The Morgan fingerprint density at radius 1 is 0.947 bits per heavy atom. The zero-order chi connectivity index (χ0) is 26.1. The lowest BCUT2D eigenvalue weighted by Gasteiger charge is -2.50. The Morgan fingerprint density at radius 2 is 1.66 bits per heavy atom. The Hall–Kier alpha value is -2.24. The minimum atomic E-state index is -0.0799. The predicted molar refractivity (Wildman–Crippen MR) is 154 cm³/mol. The van der Waals surface area contributed by atoms with Gasteiger partial charge in [-0.2, -0.15) is 0 Å². The summed E-state index contributed by atoms with van der Waals surface area (Å²) in [7, 11) is 0. The molecular weight excluding hydrogens is 494 g/mol. The van der Waals surface area contributed by atoms with Crippen LogP contribution in [0.3, 0.4) is 0 Å². The van der Waals surface area contributed by atoms with Gasteiger partial charge in [-0.1, -0.05) is 48.7 Å². The summed E-state index contributed by atoms with van der Waals surface area (Å²) in [5, 5.41) is 0.791. The van der Waals surface area contributed by atoms with Crippen LogP contribution in [0.25, 0.3) is 0 Å². The van der Waals surface area contributed by atoms with Gasteiger partial charge in [0.15, 0.2) is 0 Å². The van der Waals surface area contributed by atoms with E-state index in [0.717, 1.165) is 56.9 Å². The fraction of sp³-hybridized carbons (Fsp3) is 0.594. The Bertz CT molecular complexity index is 1110. The fourth-order valence-corrected chi connectivity index (χ4v) is 8.09. The average molecular weight is 536 g/mol. The molecule has 0 radical (unpaired) electrons. The smallest absolute Gasteiger partial charge is 0.410 e. The normalized spacial score (nSPS) is 27.4. The number of ether oxygens (including phenoxy) is 1. The first-order chi connectivity index (χ1) is 18.6. The molecule has 0 aromatic heterocycles. The third-order valence-electron chi connectivity index (χ3n) is 9.87. The summed E-state index contributed by atoms with van der Waals surface area (Å²) < 4.78 is 5.53. The highest BCUT2D eigenvalue weighted by Crippen LogP contribution is 2.44. The molecule has 2 aromatic rings. The van der Waals surface area contributed by atoms with Crippen LogP contribution >= 0.6 is 11.6 Å². The molecule has 4 aliphatic rings. The lowest BCUT2D eigenvalue weighted by Crippen LogP contribution is -2.54. The van der Waals surface area contributed by atoms with E-state index in [-0.39, 0.29) is 11.5 Å². The molecule has 3 atom stereocenters. The number of anilines is 1. The van der Waals surface area contributed by atoms with E-state index in [0.29, 0.717) is 24.7 Å². The van der Waals surface area contributed by atoms with Gasteiger partial charge in [-0.3, -0.25) is 0 Å². The van der Waals surface area contributed by atoms with Crippen LogP contribution in [-0.2, 0) is 16.7 Å². The van der Waals surface area contributed by atoms with Gasteiger partial charge in [0.25, 0.3) is 0 Å². The molecule has 3 fully saturated rings. The first kappa shape index (κ1) is 26.0. The molecule has 2 bridgehead atoms. The number of carbonyl (C=O) groups is 1. The number of likely N-dealkylation sites (tertiary alicyclic amines) is 1. The Balaban J connectivity index is 1.19. The van der Waals surface area contributed by atoms with Gasteiger partial charge >= 0.3 is 6.09 Å². The third-order valence-corrected chi connectivity index (χ3v) is 10.1. The van der Waals surface area contributed by atoms with Crippen LogP contribution in [0, 0.1) is 0 Å². The standard InChI is InChI=1S/C32H42ClN3O2/c1-2-38-31(37)36-27-8-4-5-9-29(36)21-28(16-15-27)34-19-17-32(18-20-34)23-35(26-13-11-25(33)12-14-26)22-24-7-3-6-10-30(24)32/h3,6-7,10-14,27-29H,2,4-5,8-9,15-23H2,1H3. The number of piperidine rings is 1. The van der Waals surface area contributed by atoms with E-state index >= 15 is 0 Å². The molecule has 204 valence electrons. The molecule has 3 unspecified atom stereocenters. The highest BCUT2D eigenvalue weighted by Gasteiger charge is 2.45. The van der Waals surface area contributed by atoms with Gasteiger partial charge in [0.2, 0.25) is 0 Å². The van der Waals surface area contributed by atoms with Gasteiger partial charge in [0.1, 0.15) is 0 Å². The number of hydrogen-bond donors (Lipinski definition) is 0. The summed E-state index contributed by atoms with van der Waals surface area (Å²) >= 11 is 6.21. The Labute approximate surface area is 233 Å². The molecule has 2 aromatic carbocycles. The van der Waals surface area contributed by atoms with Crippen molar-refractivity contribution in [1.82, 2.24) is 9.80 Å². The van der Waals surface area contributed by atoms with Gasteiger partial charge in [-0.05, 0) is 100 Å². The number of amides is 1. The van der Waals surface area contributed by atoms with E-state index in [2.05, 4.69) is 51.1 Å². The maximum atomic E-state index is 13.0. The largest absolute Gasteiger partial charge is 0.450 e. The molecule has 0 N–H and O–H groups in total. The number of rotatable bonds is 3. The SMILES string of the molecule is CCOC(=O)N1C2CCCCC1CC(N1CCC3(CC1)CN(c1ccc(Cl)cc1)Cc1ccccc13)CC2. The van der Waals surface area contributed by atoms with Crippen LogP contribution in [0.15, 0.2) is 48.5 Å². The minimum Gasteiger partial charge on any atom is -0.450 e. The van der Waals surface area contributed by atoms with Crippen LogP contribution in [0.2, 0.25) is 5.02 Å². The van der Waals surface area contributed by atoms with Crippen LogP contribution in [0.1, 0.15) is 75.8 Å². The second-order valence-corrected chi connectivity index (χ2v) is 12.4. The maximum Gasteiger partial charge on any atom is 0.410 e. The summed E-state index contributed by atoms with van der Waals surface area (Å²) in [6.07, 6.45) is 10.4. The molecule has 4 heterocycles. The second kappa shape index (κ2) is 11.1. The average Bonchev–Trinajstić information content (AvgIpc) is 3.25. The van der Waals surface area contributed by atoms with Crippen molar-refractivity contribution in [2.75, 3.05) is 31.1 Å². The van der Waals surface area contributed by atoms with Crippen LogP contribution in [0.4, 0.5) is 10.5 Å². The summed E-state index contributed by atoms with van der Waals surface area (Å²) in [6.45, 7) is 6.66. The van der Waals surface area contributed by atoms with E-state index in [1.165, 1.54) is 43.4 Å². The lowest BCUT2D eigenvalue weighted by molar-refractivity contribution is 0.0641. The summed E-state index contributed by atoms with van der Waals surface area (Å²) in [5.41, 5.74) is 4.47. The van der Waals surface area contributed by atoms with Crippen molar-refractivity contribution in [3.8, 4) is 0 Å². The number of halogens is 1. The summed E-state index contributed by atoms with van der Waals surface area (Å²) in [6, 6.07) is 18.7. The van der Waals surface area contributed by atoms with Crippen molar-refractivity contribution < 1.29 is 9.53 Å². The zero-order valence-corrected chi connectivity index (χ0v) is 23.5. The molecule has 5 nitrogen and oxygen atoms in total. The van der Waals surface area contributed by atoms with Crippen molar-refractivity contribution in [1.29, 1.82) is 0 Å². The van der Waals surface area contributed by atoms with Gasteiger partial charge in [0, 0.05) is 47.3 Å². The van der Waals surface area contributed by atoms with Gasteiger partial charge in [-0.25, -0.2) is 4.79 Å². The van der Waals surface area contributed by atoms with Crippen molar-refractivity contribution in [2.24, 2.45) is 0 Å². The van der Waals surface area contributed by atoms with Gasteiger partial charge in [0.05, 0.1) is 6.61 Å². The van der Waals surface area contributed by atoms with Crippen molar-refractivity contribution in [3.63, 3.8) is 0 Å². The molecule has 1 spiro atoms. The molecule has 38 heavy (non-hydrogen) atoms. The molecular formula is C32H42ClN3O2. The Kier molecular flexibility index (Phi) is 7.59. The molecule has 4 aliphatic heterocycles. The number of nitrogens with zero attached hydrogens (tertiary/aromatic N) is 3. The number of carbonyl (C=O) groups excluding carboxylic acids is 1. The van der Waals surface area contributed by atoms with E-state index in [9.17, 15) is 4.79 Å². The first-order valence-electron chi connectivity index (χ1n) is 14.8. The second-order valence-electron chi connectivity index (χ2n) is 12.0. The topological polar surface area (TPSA) is 36.0 Å². The maximum absolute atomic E-state index is 13.0. The monoisotopic (exact) mass is 535 g/mol. The molecule has 3 saturated heterocycles. The van der Waals surface area contributed by atoms with Crippen LogP contribution in [-0.4, -0.2) is 60.3 Å². The number of benzene rings is 2. The number of fused-ring (bicyclic) bond motifs is 4. The summed E-state index contributed by atoms with van der Waals surface area (Å²) in [4.78, 5) is 20.5. The van der Waals surface area contributed by atoms with E-state index in [4.69, 9.17) is 16.3 Å². The molecule has 1 amide bonds. The number of hydrogen-bond acceptors (Lipinski definition) is 4. The van der Waals surface area contributed by atoms with Gasteiger partial charge in [-0.15, -0.1) is 0 Å². The first-order valence-corrected chi connectivity index (χ1v) is 15.2. The molecule has 0 aliphatic carbocycles. The highest BCUT2D eigenvalue weighted by molar-refractivity contribution is 6.30. The van der Waals surface area contributed by atoms with Gasteiger partial charge < -0.3 is 19.4 Å². The quantitative estimate of drug-likeness (QED) is 0.423. The minimum absolute atomic E-state index is 0.0799. The van der Waals surface area contributed by atoms with E-state index in [1.54, 1.807) is 5.56 Å². The van der Waals surface area contributed by atoms with Crippen LogP contribution < -0.4 is 4.90 Å². The molecule has 6 rings (SSSR count). The third kappa shape index (κ3) is 5.04. The fourth-order valence-electron chi connectivity index (χ4n) is 7.96. The summed E-state index contributed by atoms with van der Waals surface area (Å²) in [5.74, 6) is 0. The van der Waals surface area contributed by atoms with Crippen molar-refractivity contribution in [3.05, 3.63) is 64.7 Å². The van der Waals surface area contributed by atoms with Crippen molar-refractivity contribution >= 4 is 23.4 Å². The Morgan fingerprint density at radius 3 is 2.42 bits per heavy atom. The zero-order valence-electron chi connectivity index (χ0n) is 22.8. The van der Waals surface area contributed by atoms with E-state index < -0.39 is 0 Å². The van der Waals surface area contributed by atoms with Crippen molar-refractivity contribution in [2.45, 2.75) is 94.8 Å².